The minimum absolute atomic E-state index is 0.0826. The molecule has 1 fully saturated rings. The molecule has 1 atom stereocenters. The van der Waals surface area contributed by atoms with E-state index in [0.29, 0.717) is 19.4 Å². The second-order valence-corrected chi connectivity index (χ2v) is 6.73. The van der Waals surface area contributed by atoms with Crippen LogP contribution >= 0.6 is 0 Å². The zero-order valence-electron chi connectivity index (χ0n) is 14.9. The molecule has 2 aromatic rings. The smallest absolute Gasteiger partial charge is 0.308 e. The quantitative estimate of drug-likeness (QED) is 0.910. The second-order valence-electron chi connectivity index (χ2n) is 6.73. The van der Waals surface area contributed by atoms with Crippen LogP contribution in [-0.4, -0.2) is 44.8 Å². The molecule has 1 amide bonds. The molecule has 1 N–H and O–H groups in total. The minimum Gasteiger partial charge on any atom is -0.481 e. The summed E-state index contributed by atoms with van der Waals surface area (Å²) in [7, 11) is 0. The van der Waals surface area contributed by atoms with Gasteiger partial charge in [0.1, 0.15) is 5.82 Å². The molecule has 1 aliphatic rings. The Morgan fingerprint density at radius 3 is 2.62 bits per heavy atom. The highest BCUT2D eigenvalue weighted by Gasteiger charge is 2.29. The number of benzene rings is 1. The van der Waals surface area contributed by atoms with Crippen molar-refractivity contribution in [2.75, 3.05) is 13.1 Å². The number of aliphatic carboxylic acids is 1. The van der Waals surface area contributed by atoms with Gasteiger partial charge in [0.15, 0.2) is 0 Å². The van der Waals surface area contributed by atoms with Crippen LogP contribution in [0.2, 0.25) is 0 Å². The van der Waals surface area contributed by atoms with Crippen LogP contribution < -0.4 is 0 Å². The lowest BCUT2D eigenvalue weighted by molar-refractivity contribution is -0.145. The van der Waals surface area contributed by atoms with Gasteiger partial charge >= 0.3 is 5.97 Å². The molecule has 3 rings (SSSR count). The van der Waals surface area contributed by atoms with Crippen molar-refractivity contribution in [3.8, 4) is 5.69 Å². The number of halogens is 1. The summed E-state index contributed by atoms with van der Waals surface area (Å²) >= 11 is 0. The lowest BCUT2D eigenvalue weighted by atomic mass is 9.97. The first kappa shape index (κ1) is 18.1. The van der Waals surface area contributed by atoms with Gasteiger partial charge in [0.05, 0.1) is 23.7 Å². The monoisotopic (exact) mass is 359 g/mol. The summed E-state index contributed by atoms with van der Waals surface area (Å²) in [6.45, 7) is 4.57. The standard InChI is InChI=1S/C19H22FN3O3/c1-12-17(10-18(24)22-9-3-4-14(11-22)19(25)26)13(2)23(21-12)16-7-5-15(20)6-8-16/h5-8,14H,3-4,9-11H2,1-2H3,(H,25,26)/t14-/m1/s1. The van der Waals surface area contributed by atoms with E-state index in [0.717, 1.165) is 22.6 Å². The average molecular weight is 359 g/mol. The van der Waals surface area contributed by atoms with Crippen molar-refractivity contribution in [2.24, 2.45) is 5.92 Å². The van der Waals surface area contributed by atoms with E-state index in [9.17, 15) is 19.1 Å². The third-order valence-corrected chi connectivity index (χ3v) is 4.96. The molecule has 138 valence electrons. The molecular formula is C19H22FN3O3. The summed E-state index contributed by atoms with van der Waals surface area (Å²) in [4.78, 5) is 25.5. The topological polar surface area (TPSA) is 75.4 Å². The van der Waals surface area contributed by atoms with Crippen molar-refractivity contribution in [3.05, 3.63) is 47.0 Å². The fourth-order valence-corrected chi connectivity index (χ4v) is 3.43. The van der Waals surface area contributed by atoms with E-state index in [4.69, 9.17) is 0 Å². The minimum atomic E-state index is -0.848. The van der Waals surface area contributed by atoms with Gasteiger partial charge in [-0.3, -0.25) is 9.59 Å². The highest BCUT2D eigenvalue weighted by molar-refractivity contribution is 5.80. The molecular weight excluding hydrogens is 337 g/mol. The first-order valence-electron chi connectivity index (χ1n) is 8.68. The maximum absolute atomic E-state index is 13.1. The predicted octanol–water partition coefficient (Wildman–Crippen LogP) is 2.49. The van der Waals surface area contributed by atoms with E-state index in [1.165, 1.54) is 12.1 Å². The van der Waals surface area contributed by atoms with Crippen molar-refractivity contribution in [1.82, 2.24) is 14.7 Å². The number of carboxylic acids is 1. The van der Waals surface area contributed by atoms with Gasteiger partial charge in [-0.1, -0.05) is 0 Å². The number of carbonyl (C=O) groups is 2. The summed E-state index contributed by atoms with van der Waals surface area (Å²) in [5, 5.41) is 13.7. The normalized spacial score (nSPS) is 17.3. The van der Waals surface area contributed by atoms with Crippen LogP contribution in [0.25, 0.3) is 5.69 Å². The molecule has 1 aromatic carbocycles. The number of aryl methyl sites for hydroxylation is 1. The van der Waals surface area contributed by atoms with E-state index in [1.807, 2.05) is 13.8 Å². The number of aromatic nitrogens is 2. The van der Waals surface area contributed by atoms with Crippen molar-refractivity contribution < 1.29 is 19.1 Å². The number of amides is 1. The van der Waals surface area contributed by atoms with Crippen LogP contribution in [0.1, 0.15) is 29.8 Å². The van der Waals surface area contributed by atoms with E-state index < -0.39 is 11.9 Å². The zero-order valence-corrected chi connectivity index (χ0v) is 14.9. The molecule has 1 aliphatic heterocycles. The largest absolute Gasteiger partial charge is 0.481 e. The van der Waals surface area contributed by atoms with Crippen molar-refractivity contribution in [1.29, 1.82) is 0 Å². The Bertz CT molecular complexity index is 829. The van der Waals surface area contributed by atoms with Crippen molar-refractivity contribution >= 4 is 11.9 Å². The molecule has 0 saturated carbocycles. The lowest BCUT2D eigenvalue weighted by Crippen LogP contribution is -2.43. The Balaban J connectivity index is 1.78. The van der Waals surface area contributed by atoms with Crippen LogP contribution in [0.4, 0.5) is 4.39 Å². The van der Waals surface area contributed by atoms with Crippen LogP contribution in [0.5, 0.6) is 0 Å². The van der Waals surface area contributed by atoms with Gasteiger partial charge in [0, 0.05) is 24.3 Å². The molecule has 0 bridgehead atoms. The third kappa shape index (κ3) is 3.61. The highest BCUT2D eigenvalue weighted by Crippen LogP contribution is 2.22. The Hall–Kier alpha value is -2.70. The highest BCUT2D eigenvalue weighted by atomic mass is 19.1. The fraction of sp³-hybridized carbons (Fsp3) is 0.421. The number of hydrogen-bond acceptors (Lipinski definition) is 3. The summed E-state index contributed by atoms with van der Waals surface area (Å²) in [5.41, 5.74) is 3.13. The Kier molecular flexibility index (Phi) is 5.06. The van der Waals surface area contributed by atoms with E-state index in [1.54, 1.807) is 21.7 Å². The van der Waals surface area contributed by atoms with Gasteiger partial charge in [0.2, 0.25) is 5.91 Å². The van der Waals surface area contributed by atoms with Gasteiger partial charge < -0.3 is 10.0 Å². The first-order valence-corrected chi connectivity index (χ1v) is 8.68. The maximum atomic E-state index is 13.1. The van der Waals surface area contributed by atoms with E-state index in [2.05, 4.69) is 5.10 Å². The Labute approximate surface area is 151 Å². The van der Waals surface area contributed by atoms with Crippen molar-refractivity contribution in [3.63, 3.8) is 0 Å². The Morgan fingerprint density at radius 2 is 1.96 bits per heavy atom. The lowest BCUT2D eigenvalue weighted by Gasteiger charge is -2.30. The third-order valence-electron chi connectivity index (χ3n) is 4.96. The van der Waals surface area contributed by atoms with Crippen LogP contribution in [0, 0.1) is 25.6 Å². The zero-order chi connectivity index (χ0) is 18.8. The molecule has 1 aromatic heterocycles. The number of piperidine rings is 1. The molecule has 7 heteroatoms. The molecule has 0 radical (unpaired) electrons. The molecule has 6 nitrogen and oxygen atoms in total. The molecule has 1 saturated heterocycles. The predicted molar refractivity (Wildman–Crippen MR) is 93.6 cm³/mol. The van der Waals surface area contributed by atoms with Gasteiger partial charge in [-0.05, 0) is 51.0 Å². The van der Waals surface area contributed by atoms with E-state index in [-0.39, 0.29) is 24.7 Å². The number of nitrogens with zero attached hydrogens (tertiary/aromatic N) is 3. The van der Waals surface area contributed by atoms with Gasteiger partial charge in [-0.15, -0.1) is 0 Å². The number of carboxylic acid groups (broad SMARTS) is 1. The van der Waals surface area contributed by atoms with Crippen molar-refractivity contribution in [2.45, 2.75) is 33.1 Å². The van der Waals surface area contributed by atoms with Crippen LogP contribution in [0.15, 0.2) is 24.3 Å². The fourth-order valence-electron chi connectivity index (χ4n) is 3.43. The molecule has 26 heavy (non-hydrogen) atoms. The van der Waals surface area contributed by atoms with Gasteiger partial charge in [-0.2, -0.15) is 5.10 Å². The Morgan fingerprint density at radius 1 is 1.27 bits per heavy atom. The summed E-state index contributed by atoms with van der Waals surface area (Å²) in [6.07, 6.45) is 1.50. The summed E-state index contributed by atoms with van der Waals surface area (Å²) in [6, 6.07) is 6.03. The first-order chi connectivity index (χ1) is 12.4. The van der Waals surface area contributed by atoms with Crippen LogP contribution in [-0.2, 0) is 16.0 Å². The van der Waals surface area contributed by atoms with Gasteiger partial charge in [-0.25, -0.2) is 9.07 Å². The average Bonchev–Trinajstić information content (AvgIpc) is 2.90. The van der Waals surface area contributed by atoms with E-state index >= 15 is 0 Å². The molecule has 0 spiro atoms. The number of hydrogen-bond donors (Lipinski definition) is 1. The van der Waals surface area contributed by atoms with Crippen LogP contribution in [0.3, 0.4) is 0 Å². The molecule has 0 unspecified atom stereocenters. The molecule has 2 heterocycles. The second kappa shape index (κ2) is 7.27. The summed E-state index contributed by atoms with van der Waals surface area (Å²) in [5.74, 6) is -1.74. The molecule has 0 aliphatic carbocycles. The van der Waals surface area contributed by atoms with Gasteiger partial charge in [0.25, 0.3) is 0 Å². The SMILES string of the molecule is Cc1nn(-c2ccc(F)cc2)c(C)c1CC(=O)N1CCC[C@@H](C(=O)O)C1. The number of carbonyl (C=O) groups excluding carboxylic acids is 1. The summed E-state index contributed by atoms with van der Waals surface area (Å²) < 4.78 is 14.8. The number of rotatable bonds is 4. The maximum Gasteiger partial charge on any atom is 0.308 e. The number of likely N-dealkylation sites (tertiary alicyclic amines) is 1.